The van der Waals surface area contributed by atoms with Crippen LogP contribution in [0.5, 0.6) is 0 Å². The number of rotatable bonds is 5. The maximum absolute atomic E-state index is 13.5. The molecule has 0 aromatic heterocycles. The van der Waals surface area contributed by atoms with E-state index in [-0.39, 0.29) is 17.5 Å². The Balaban J connectivity index is 2.61. The molecule has 0 fully saturated rings. The molecule has 17 heavy (non-hydrogen) atoms. The quantitative estimate of drug-likeness (QED) is 0.826. The molecule has 0 aliphatic heterocycles. The lowest BCUT2D eigenvalue weighted by Crippen LogP contribution is -2.30. The van der Waals surface area contributed by atoms with Crippen LogP contribution in [0.2, 0.25) is 0 Å². The number of hydrogen-bond donors (Lipinski definition) is 2. The Bertz CT molecular complexity index is 393. The summed E-state index contributed by atoms with van der Waals surface area (Å²) in [6.07, 6.45) is 0. The lowest BCUT2D eigenvalue weighted by Gasteiger charge is -2.13. The second-order valence-electron chi connectivity index (χ2n) is 4.18. The third-order valence-electron chi connectivity index (χ3n) is 2.53. The molecule has 0 aliphatic rings. The molecule has 1 rings (SSSR count). The summed E-state index contributed by atoms with van der Waals surface area (Å²) in [5.41, 5.74) is 1.07. The highest BCUT2D eigenvalue weighted by Crippen LogP contribution is 2.16. The van der Waals surface area contributed by atoms with Gasteiger partial charge in [0.2, 0.25) is 5.91 Å². The molecule has 0 saturated carbocycles. The Hall–Kier alpha value is -1.42. The van der Waals surface area contributed by atoms with E-state index in [1.807, 2.05) is 20.8 Å². The molecule has 0 radical (unpaired) electrons. The molecule has 3 nitrogen and oxygen atoms in total. The molecule has 1 amide bonds. The fraction of sp³-hybridized carbons (Fsp3) is 0.462. The molecule has 1 atom stereocenters. The van der Waals surface area contributed by atoms with Gasteiger partial charge in [-0.1, -0.05) is 19.9 Å². The zero-order chi connectivity index (χ0) is 12.8. The number of nitrogens with one attached hydrogen (secondary N) is 2. The van der Waals surface area contributed by atoms with Crippen molar-refractivity contribution in [3.63, 3.8) is 0 Å². The normalized spacial score (nSPS) is 12.2. The van der Waals surface area contributed by atoms with Crippen LogP contribution in [0.3, 0.4) is 0 Å². The zero-order valence-corrected chi connectivity index (χ0v) is 10.5. The van der Waals surface area contributed by atoms with Gasteiger partial charge in [-0.25, -0.2) is 4.39 Å². The van der Waals surface area contributed by atoms with Crippen molar-refractivity contribution in [3.8, 4) is 0 Å². The van der Waals surface area contributed by atoms with E-state index in [2.05, 4.69) is 10.6 Å². The summed E-state index contributed by atoms with van der Waals surface area (Å²) in [7, 11) is 0. The molecule has 1 aromatic rings. The van der Waals surface area contributed by atoms with Crippen molar-refractivity contribution >= 4 is 11.6 Å². The van der Waals surface area contributed by atoms with Crippen molar-refractivity contribution in [2.45, 2.75) is 20.8 Å². The van der Waals surface area contributed by atoms with E-state index in [1.54, 1.807) is 12.1 Å². The van der Waals surface area contributed by atoms with E-state index in [9.17, 15) is 9.18 Å². The molecule has 94 valence electrons. The summed E-state index contributed by atoms with van der Waals surface area (Å²) >= 11 is 0. The number of carbonyl (C=O) groups is 1. The highest BCUT2D eigenvalue weighted by Gasteiger charge is 2.13. The summed E-state index contributed by atoms with van der Waals surface area (Å²) in [6, 6.07) is 4.76. The first-order valence-corrected chi connectivity index (χ1v) is 5.82. The van der Waals surface area contributed by atoms with E-state index in [1.165, 1.54) is 6.07 Å². The van der Waals surface area contributed by atoms with Gasteiger partial charge in [0.25, 0.3) is 0 Å². The molecule has 0 saturated heterocycles. The number of benzene rings is 1. The Morgan fingerprint density at radius 3 is 2.76 bits per heavy atom. The second kappa shape index (κ2) is 6.35. The summed E-state index contributed by atoms with van der Waals surface area (Å²) < 4.78 is 13.5. The van der Waals surface area contributed by atoms with Crippen LogP contribution in [-0.4, -0.2) is 19.0 Å². The first-order valence-electron chi connectivity index (χ1n) is 5.82. The van der Waals surface area contributed by atoms with E-state index < -0.39 is 5.82 Å². The molecule has 2 N–H and O–H groups in total. The summed E-state index contributed by atoms with van der Waals surface area (Å²) in [5, 5.41) is 5.68. The number of halogens is 1. The van der Waals surface area contributed by atoms with Crippen molar-refractivity contribution in [1.82, 2.24) is 5.32 Å². The molecular weight excluding hydrogens is 219 g/mol. The fourth-order valence-electron chi connectivity index (χ4n) is 1.43. The van der Waals surface area contributed by atoms with Gasteiger partial charge in [-0.3, -0.25) is 4.79 Å². The molecule has 0 heterocycles. The van der Waals surface area contributed by atoms with Gasteiger partial charge in [-0.2, -0.15) is 0 Å². The third-order valence-corrected chi connectivity index (χ3v) is 2.53. The maximum Gasteiger partial charge on any atom is 0.228 e. The van der Waals surface area contributed by atoms with Gasteiger partial charge in [0, 0.05) is 12.5 Å². The van der Waals surface area contributed by atoms with Gasteiger partial charge in [0.05, 0.1) is 5.69 Å². The van der Waals surface area contributed by atoms with Crippen LogP contribution in [0.4, 0.5) is 10.1 Å². The van der Waals surface area contributed by atoms with Gasteiger partial charge in [0.1, 0.15) is 5.82 Å². The first kappa shape index (κ1) is 13.6. The van der Waals surface area contributed by atoms with Crippen molar-refractivity contribution in [3.05, 3.63) is 29.6 Å². The molecule has 0 spiro atoms. The van der Waals surface area contributed by atoms with Crippen LogP contribution in [-0.2, 0) is 4.79 Å². The zero-order valence-electron chi connectivity index (χ0n) is 10.5. The predicted molar refractivity (Wildman–Crippen MR) is 67.5 cm³/mol. The lowest BCUT2D eigenvalue weighted by atomic mass is 10.1. The molecular formula is C13H19FN2O. The maximum atomic E-state index is 13.5. The van der Waals surface area contributed by atoms with Crippen LogP contribution in [0.15, 0.2) is 18.2 Å². The van der Waals surface area contributed by atoms with Crippen molar-refractivity contribution in [1.29, 1.82) is 0 Å². The van der Waals surface area contributed by atoms with Gasteiger partial charge >= 0.3 is 0 Å². The van der Waals surface area contributed by atoms with Crippen molar-refractivity contribution in [2.75, 3.05) is 18.4 Å². The van der Waals surface area contributed by atoms with Gasteiger partial charge in [0.15, 0.2) is 0 Å². The number of hydrogen-bond acceptors (Lipinski definition) is 2. The Morgan fingerprint density at radius 1 is 1.47 bits per heavy atom. The third kappa shape index (κ3) is 4.15. The average molecular weight is 238 g/mol. The Morgan fingerprint density at radius 2 is 2.18 bits per heavy atom. The summed E-state index contributed by atoms with van der Waals surface area (Å²) in [6.45, 7) is 7.00. The van der Waals surface area contributed by atoms with E-state index in [0.717, 1.165) is 12.1 Å². The Labute approximate surface area is 101 Å². The summed E-state index contributed by atoms with van der Waals surface area (Å²) in [5.74, 6) is -0.752. The molecule has 1 aromatic carbocycles. The first-order chi connectivity index (χ1) is 8.04. The highest BCUT2D eigenvalue weighted by atomic mass is 19.1. The predicted octanol–water partition coefficient (Wildman–Crippen LogP) is 2.32. The van der Waals surface area contributed by atoms with Crippen LogP contribution in [0.25, 0.3) is 0 Å². The highest BCUT2D eigenvalue weighted by molar-refractivity contribution is 5.92. The van der Waals surface area contributed by atoms with Gasteiger partial charge < -0.3 is 10.6 Å². The molecule has 4 heteroatoms. The average Bonchev–Trinajstić information content (AvgIpc) is 2.29. The van der Waals surface area contributed by atoms with E-state index in [4.69, 9.17) is 0 Å². The van der Waals surface area contributed by atoms with Gasteiger partial charge in [-0.05, 0) is 31.2 Å². The van der Waals surface area contributed by atoms with Crippen LogP contribution < -0.4 is 10.6 Å². The van der Waals surface area contributed by atoms with Crippen LogP contribution >= 0.6 is 0 Å². The largest absolute Gasteiger partial charge is 0.323 e. The van der Waals surface area contributed by atoms with Crippen molar-refractivity contribution < 1.29 is 9.18 Å². The second-order valence-corrected chi connectivity index (χ2v) is 4.18. The van der Waals surface area contributed by atoms with Crippen molar-refractivity contribution in [2.24, 2.45) is 5.92 Å². The topological polar surface area (TPSA) is 41.1 Å². The number of aryl methyl sites for hydroxylation is 1. The number of amides is 1. The van der Waals surface area contributed by atoms with E-state index >= 15 is 0 Å². The monoisotopic (exact) mass is 238 g/mol. The number of carbonyl (C=O) groups excluding carboxylic acids is 1. The molecule has 0 aliphatic carbocycles. The fourth-order valence-corrected chi connectivity index (χ4v) is 1.43. The lowest BCUT2D eigenvalue weighted by molar-refractivity contribution is -0.119. The van der Waals surface area contributed by atoms with Crippen LogP contribution in [0.1, 0.15) is 19.4 Å². The molecule has 0 bridgehead atoms. The SMILES string of the molecule is CCNCC(C)C(=O)Nc1ccc(C)cc1F. The van der Waals surface area contributed by atoms with Gasteiger partial charge in [-0.15, -0.1) is 0 Å². The minimum absolute atomic E-state index is 0.172. The summed E-state index contributed by atoms with van der Waals surface area (Å²) in [4.78, 5) is 11.7. The smallest absolute Gasteiger partial charge is 0.228 e. The minimum Gasteiger partial charge on any atom is -0.323 e. The van der Waals surface area contributed by atoms with Crippen LogP contribution in [0, 0.1) is 18.7 Å². The molecule has 1 unspecified atom stereocenters. The number of anilines is 1. The standard InChI is InChI=1S/C13H19FN2O/c1-4-15-8-10(3)13(17)16-12-6-5-9(2)7-11(12)14/h5-7,10,15H,4,8H2,1-3H3,(H,16,17). The minimum atomic E-state index is -0.394. The Kier molecular flexibility index (Phi) is 5.10. The van der Waals surface area contributed by atoms with E-state index in [0.29, 0.717) is 6.54 Å².